The minimum absolute atomic E-state index is 0.171. The molecule has 15 aromatic carbocycles. The Balaban J connectivity index is 0.912. The van der Waals surface area contributed by atoms with Crippen molar-refractivity contribution in [1.29, 1.82) is 0 Å². The number of nitrogens with zero attached hydrogens (tertiary/aromatic N) is 4. The summed E-state index contributed by atoms with van der Waals surface area (Å²) in [6.07, 6.45) is 0. The van der Waals surface area contributed by atoms with Crippen LogP contribution < -0.4 is 36.0 Å². The van der Waals surface area contributed by atoms with E-state index in [4.69, 9.17) is 0 Å². The first-order valence-electron chi connectivity index (χ1n) is 32.7. The van der Waals surface area contributed by atoms with Gasteiger partial charge in [-0.05, 0) is 158 Å². The highest BCUT2D eigenvalue weighted by molar-refractivity contribution is 7.00. The summed E-state index contributed by atoms with van der Waals surface area (Å²) in [5.74, 6) is 0. The molecular weight excluding hydrogens is 1150 g/mol. The van der Waals surface area contributed by atoms with Crippen LogP contribution in [0.15, 0.2) is 382 Å². The van der Waals surface area contributed by atoms with Gasteiger partial charge in [0.25, 0.3) is 6.71 Å². The molecular formula is C90H63BN4. The Morgan fingerprint density at radius 1 is 0.189 bits per heavy atom. The molecule has 0 saturated carbocycles. The summed E-state index contributed by atoms with van der Waals surface area (Å²) in [5, 5.41) is 0. The lowest BCUT2D eigenvalue weighted by atomic mass is 9.33. The molecule has 0 bridgehead atoms. The van der Waals surface area contributed by atoms with Gasteiger partial charge in [0.15, 0.2) is 0 Å². The Kier molecular flexibility index (Phi) is 14.7. The molecule has 17 rings (SSSR count). The number of benzene rings is 15. The van der Waals surface area contributed by atoms with Gasteiger partial charge in [0.2, 0.25) is 0 Å². The second-order valence-corrected chi connectivity index (χ2v) is 24.3. The van der Waals surface area contributed by atoms with Crippen molar-refractivity contribution in [3.8, 4) is 66.8 Å². The van der Waals surface area contributed by atoms with Crippen LogP contribution >= 0.6 is 0 Å². The molecule has 0 saturated heterocycles. The van der Waals surface area contributed by atoms with E-state index in [1.54, 1.807) is 0 Å². The van der Waals surface area contributed by atoms with E-state index in [1.165, 1.54) is 16.4 Å². The van der Waals surface area contributed by atoms with Gasteiger partial charge >= 0.3 is 0 Å². The number of fused-ring (bicyclic) bond motifs is 4. The Morgan fingerprint density at radius 2 is 0.442 bits per heavy atom. The van der Waals surface area contributed by atoms with Crippen molar-refractivity contribution in [2.24, 2.45) is 0 Å². The van der Waals surface area contributed by atoms with Gasteiger partial charge in [-0.1, -0.05) is 285 Å². The van der Waals surface area contributed by atoms with Crippen molar-refractivity contribution in [3.05, 3.63) is 382 Å². The van der Waals surface area contributed by atoms with Crippen LogP contribution in [0.2, 0.25) is 0 Å². The van der Waals surface area contributed by atoms with Crippen LogP contribution in [-0.4, -0.2) is 6.71 Å². The molecule has 2 aliphatic heterocycles. The Bertz CT molecular complexity index is 4690. The zero-order chi connectivity index (χ0) is 63.0. The molecule has 0 amide bonds. The minimum Gasteiger partial charge on any atom is -0.311 e. The van der Waals surface area contributed by atoms with Gasteiger partial charge in [0.05, 0.1) is 11.4 Å². The van der Waals surface area contributed by atoms with Crippen LogP contribution in [0.5, 0.6) is 0 Å². The normalized spacial score (nSPS) is 11.9. The molecule has 0 aromatic heterocycles. The van der Waals surface area contributed by atoms with Gasteiger partial charge in [-0.25, -0.2) is 0 Å². The summed E-state index contributed by atoms with van der Waals surface area (Å²) in [4.78, 5) is 9.90. The highest BCUT2D eigenvalue weighted by atomic mass is 15.2. The van der Waals surface area contributed by atoms with Crippen LogP contribution in [-0.2, 0) is 0 Å². The van der Waals surface area contributed by atoms with Crippen molar-refractivity contribution in [3.63, 3.8) is 0 Å². The molecule has 2 heterocycles. The Labute approximate surface area is 556 Å². The fourth-order valence-corrected chi connectivity index (χ4v) is 14.5. The molecule has 446 valence electrons. The molecule has 4 nitrogen and oxygen atoms in total. The Morgan fingerprint density at radius 3 is 0.737 bits per heavy atom. The van der Waals surface area contributed by atoms with Gasteiger partial charge < -0.3 is 19.6 Å². The SMILES string of the molecule is c1ccc(-c2cccc(-c3ccccc3)c2N2c3cc(-c4ccc(N(c5ccccc5)c5ccccc5)cc4)ccc3B3c4ccc(-c5ccc(N(c6ccccc6)c6ccccc6)cc5)cc4N(c4c(-c5ccccc5)cccc4-c4ccccc4)c4cccc2c43)cc1. The fraction of sp³-hybridized carbons (Fsp3) is 0. The molecule has 0 aliphatic carbocycles. The van der Waals surface area contributed by atoms with Crippen LogP contribution in [0.1, 0.15) is 0 Å². The smallest absolute Gasteiger partial charge is 0.252 e. The van der Waals surface area contributed by atoms with E-state index in [0.717, 1.165) is 135 Å². The van der Waals surface area contributed by atoms with Crippen molar-refractivity contribution < 1.29 is 0 Å². The third kappa shape index (κ3) is 10.3. The number of para-hydroxylation sites is 6. The first kappa shape index (κ1) is 56.5. The number of hydrogen-bond acceptors (Lipinski definition) is 4. The van der Waals surface area contributed by atoms with Crippen molar-refractivity contribution in [1.82, 2.24) is 0 Å². The highest BCUT2D eigenvalue weighted by Gasteiger charge is 2.45. The standard InChI is InChI=1S/C90H63BN4/c1-9-28-66(29-10-1)78-44-25-45-79(67-30-11-2-12-31-67)89(78)94-84-48-27-49-85-88(84)91(82-60-54-70(62-86(82)94)64-50-56-76(57-51-64)92(72-36-17-5-18-37-72)73-38-19-6-20-39-73)83-61-55-71(65-52-58-77(59-53-65)93(74-40-21-7-22-41-74)75-42-23-8-24-43-75)63-87(83)95(85)90-80(68-32-13-3-14-33-68)46-26-47-81(90)69-34-15-4-16-35-69/h1-63H. The van der Waals surface area contributed by atoms with Gasteiger partial charge in [-0.3, -0.25) is 0 Å². The van der Waals surface area contributed by atoms with Gasteiger partial charge in [0.1, 0.15) is 0 Å². The third-order valence-electron chi connectivity index (χ3n) is 18.8. The second kappa shape index (κ2) is 24.6. The van der Waals surface area contributed by atoms with Gasteiger partial charge in [-0.2, -0.15) is 0 Å². The zero-order valence-electron chi connectivity index (χ0n) is 52.2. The first-order valence-corrected chi connectivity index (χ1v) is 32.7. The predicted octanol–water partition coefficient (Wildman–Crippen LogP) is 22.7. The van der Waals surface area contributed by atoms with E-state index in [1.807, 2.05) is 0 Å². The van der Waals surface area contributed by atoms with E-state index in [0.29, 0.717) is 0 Å². The lowest BCUT2D eigenvalue weighted by Gasteiger charge is -2.45. The average molecular weight is 1210 g/mol. The molecule has 0 radical (unpaired) electrons. The largest absolute Gasteiger partial charge is 0.311 e. The van der Waals surface area contributed by atoms with E-state index < -0.39 is 0 Å². The lowest BCUT2D eigenvalue weighted by Crippen LogP contribution is -2.61. The average Bonchev–Trinajstić information content (AvgIpc) is 0.694. The van der Waals surface area contributed by atoms with Crippen LogP contribution in [0.25, 0.3) is 66.8 Å². The quantitative estimate of drug-likeness (QED) is 0.101. The van der Waals surface area contributed by atoms with E-state index in [2.05, 4.69) is 402 Å². The van der Waals surface area contributed by atoms with Crippen molar-refractivity contribution >= 4 is 91.3 Å². The summed E-state index contributed by atoms with van der Waals surface area (Å²) in [6.45, 7) is -0.171. The summed E-state index contributed by atoms with van der Waals surface area (Å²) < 4.78 is 0. The molecule has 0 N–H and O–H groups in total. The van der Waals surface area contributed by atoms with E-state index in [-0.39, 0.29) is 6.71 Å². The zero-order valence-corrected chi connectivity index (χ0v) is 52.2. The molecule has 5 heteroatoms. The lowest BCUT2D eigenvalue weighted by molar-refractivity contribution is 1.25. The molecule has 0 unspecified atom stereocenters. The van der Waals surface area contributed by atoms with E-state index in [9.17, 15) is 0 Å². The maximum absolute atomic E-state index is 2.62. The molecule has 2 aliphatic rings. The number of hydrogen-bond donors (Lipinski definition) is 0. The monoisotopic (exact) mass is 1210 g/mol. The fourth-order valence-electron chi connectivity index (χ4n) is 14.5. The molecule has 0 atom stereocenters. The van der Waals surface area contributed by atoms with Crippen molar-refractivity contribution in [2.45, 2.75) is 0 Å². The summed E-state index contributed by atoms with van der Waals surface area (Å²) in [5.41, 5.74) is 30.7. The van der Waals surface area contributed by atoms with Crippen molar-refractivity contribution in [2.75, 3.05) is 19.6 Å². The summed E-state index contributed by atoms with van der Waals surface area (Å²) >= 11 is 0. The minimum atomic E-state index is -0.171. The Hall–Kier alpha value is -12.4. The summed E-state index contributed by atoms with van der Waals surface area (Å²) in [6, 6.07) is 140. The highest BCUT2D eigenvalue weighted by Crippen LogP contribution is 2.53. The van der Waals surface area contributed by atoms with Crippen LogP contribution in [0.4, 0.5) is 68.2 Å². The van der Waals surface area contributed by atoms with E-state index >= 15 is 0 Å². The van der Waals surface area contributed by atoms with Crippen LogP contribution in [0.3, 0.4) is 0 Å². The third-order valence-corrected chi connectivity index (χ3v) is 18.8. The second-order valence-electron chi connectivity index (χ2n) is 24.3. The molecule has 95 heavy (non-hydrogen) atoms. The predicted molar refractivity (Wildman–Crippen MR) is 402 cm³/mol. The maximum Gasteiger partial charge on any atom is 0.252 e. The molecule has 0 fully saturated rings. The topological polar surface area (TPSA) is 13.0 Å². The number of rotatable bonds is 14. The first-order chi connectivity index (χ1) is 47.2. The van der Waals surface area contributed by atoms with Gasteiger partial charge in [0, 0.05) is 79.1 Å². The van der Waals surface area contributed by atoms with Gasteiger partial charge in [-0.15, -0.1) is 0 Å². The maximum atomic E-state index is 2.62. The molecule has 0 spiro atoms. The van der Waals surface area contributed by atoms with Crippen LogP contribution in [0, 0.1) is 0 Å². The molecule has 15 aromatic rings. The summed E-state index contributed by atoms with van der Waals surface area (Å²) in [7, 11) is 0. The number of anilines is 12.